The molecule has 0 bridgehead atoms. The van der Waals surface area contributed by atoms with Crippen molar-refractivity contribution in [3.05, 3.63) is 53.3 Å². The summed E-state index contributed by atoms with van der Waals surface area (Å²) in [6.07, 6.45) is 1.56. The molecule has 2 N–H and O–H groups in total. The van der Waals surface area contributed by atoms with Crippen LogP contribution in [0.15, 0.2) is 42.6 Å². The van der Waals surface area contributed by atoms with Crippen LogP contribution in [0.5, 0.6) is 0 Å². The van der Waals surface area contributed by atoms with E-state index in [1.807, 2.05) is 31.2 Å². The molecular weight excluding hydrogens is 250 g/mol. The van der Waals surface area contributed by atoms with Crippen LogP contribution in [0, 0.1) is 6.92 Å². The van der Waals surface area contributed by atoms with Crippen LogP contribution < -0.4 is 10.6 Å². The second kappa shape index (κ2) is 5.51. The van der Waals surface area contributed by atoms with Crippen molar-refractivity contribution in [1.29, 1.82) is 0 Å². The zero-order chi connectivity index (χ0) is 13.0. The lowest BCUT2D eigenvalue weighted by Gasteiger charge is -2.08. The van der Waals surface area contributed by atoms with E-state index >= 15 is 0 Å². The summed E-state index contributed by atoms with van der Waals surface area (Å²) in [6.45, 7) is 1.99. The monoisotopic (exact) mass is 261 g/mol. The van der Waals surface area contributed by atoms with Gasteiger partial charge in [0.15, 0.2) is 5.15 Å². The van der Waals surface area contributed by atoms with Gasteiger partial charge in [0, 0.05) is 11.9 Å². The lowest BCUT2D eigenvalue weighted by atomic mass is 10.2. The fourth-order valence-electron chi connectivity index (χ4n) is 1.40. The average molecular weight is 262 g/mol. The highest BCUT2D eigenvalue weighted by Crippen LogP contribution is 2.17. The molecule has 2 rings (SSSR count). The topological polar surface area (TPSA) is 54.0 Å². The first kappa shape index (κ1) is 12.4. The summed E-state index contributed by atoms with van der Waals surface area (Å²) in [5, 5.41) is 5.60. The molecule has 1 aromatic carbocycles. The summed E-state index contributed by atoms with van der Waals surface area (Å²) in [6, 6.07) is 10.5. The van der Waals surface area contributed by atoms with Gasteiger partial charge in [-0.1, -0.05) is 29.3 Å². The molecule has 0 saturated carbocycles. The minimum atomic E-state index is -0.353. The van der Waals surface area contributed by atoms with E-state index in [2.05, 4.69) is 15.6 Å². The van der Waals surface area contributed by atoms with Crippen LogP contribution in [-0.2, 0) is 0 Å². The summed E-state index contributed by atoms with van der Waals surface area (Å²) in [7, 11) is 0. The van der Waals surface area contributed by atoms with Crippen LogP contribution in [0.25, 0.3) is 0 Å². The molecule has 0 aliphatic rings. The number of hydrogen-bond donors (Lipinski definition) is 2. The maximum Gasteiger partial charge on any atom is 0.323 e. The molecule has 2 aromatic rings. The molecule has 0 unspecified atom stereocenters. The third-order valence-electron chi connectivity index (χ3n) is 2.32. The molecule has 0 aliphatic carbocycles. The van der Waals surface area contributed by atoms with E-state index in [0.717, 1.165) is 11.3 Å². The number of carbonyl (C=O) groups excluding carboxylic acids is 1. The number of aromatic nitrogens is 1. The van der Waals surface area contributed by atoms with Gasteiger partial charge in [-0.05, 0) is 31.2 Å². The number of nitrogens with one attached hydrogen (secondary N) is 2. The number of aryl methyl sites for hydroxylation is 1. The summed E-state index contributed by atoms with van der Waals surface area (Å²) >= 11 is 5.84. The van der Waals surface area contributed by atoms with Gasteiger partial charge in [0.05, 0.1) is 5.69 Å². The predicted octanol–water partition coefficient (Wildman–Crippen LogP) is 3.69. The number of halogens is 1. The maximum atomic E-state index is 11.7. The van der Waals surface area contributed by atoms with Gasteiger partial charge in [0.2, 0.25) is 0 Å². The highest BCUT2D eigenvalue weighted by Gasteiger charge is 2.05. The Kier molecular flexibility index (Phi) is 3.79. The zero-order valence-electron chi connectivity index (χ0n) is 9.77. The first-order valence-electron chi connectivity index (χ1n) is 5.40. The number of carbonyl (C=O) groups is 1. The SMILES string of the molecule is Cc1ccc(NC(=O)Nc2cccnc2Cl)cc1. The fraction of sp³-hybridized carbons (Fsp3) is 0.0769. The maximum absolute atomic E-state index is 11.7. The summed E-state index contributed by atoms with van der Waals surface area (Å²) in [5.74, 6) is 0. The van der Waals surface area contributed by atoms with Crippen molar-refractivity contribution >= 4 is 29.0 Å². The number of nitrogens with zero attached hydrogens (tertiary/aromatic N) is 1. The molecule has 4 nitrogen and oxygen atoms in total. The van der Waals surface area contributed by atoms with E-state index in [-0.39, 0.29) is 11.2 Å². The Bertz CT molecular complexity index is 554. The van der Waals surface area contributed by atoms with Crippen molar-refractivity contribution in [3.8, 4) is 0 Å². The first-order valence-corrected chi connectivity index (χ1v) is 5.78. The van der Waals surface area contributed by atoms with E-state index in [9.17, 15) is 4.79 Å². The average Bonchev–Trinajstić information content (AvgIpc) is 2.35. The number of rotatable bonds is 2. The van der Waals surface area contributed by atoms with Crippen LogP contribution in [0.3, 0.4) is 0 Å². The Balaban J connectivity index is 2.01. The quantitative estimate of drug-likeness (QED) is 0.810. The molecule has 2 amide bonds. The predicted molar refractivity (Wildman–Crippen MR) is 73.1 cm³/mol. The summed E-state index contributed by atoms with van der Waals surface area (Å²) in [5.41, 5.74) is 2.33. The normalized spacial score (nSPS) is 9.89. The van der Waals surface area contributed by atoms with Crippen molar-refractivity contribution < 1.29 is 4.79 Å². The van der Waals surface area contributed by atoms with Crippen molar-refractivity contribution in [2.45, 2.75) is 6.92 Å². The Morgan fingerprint density at radius 3 is 2.56 bits per heavy atom. The van der Waals surface area contributed by atoms with Gasteiger partial charge >= 0.3 is 6.03 Å². The standard InChI is InChI=1S/C13H12ClN3O/c1-9-4-6-10(7-5-9)16-13(18)17-11-3-2-8-15-12(11)14/h2-8H,1H3,(H2,16,17,18). The van der Waals surface area contributed by atoms with Gasteiger partial charge < -0.3 is 10.6 Å². The third-order valence-corrected chi connectivity index (χ3v) is 2.62. The van der Waals surface area contributed by atoms with Gasteiger partial charge in [-0.2, -0.15) is 0 Å². The largest absolute Gasteiger partial charge is 0.323 e. The highest BCUT2D eigenvalue weighted by atomic mass is 35.5. The van der Waals surface area contributed by atoms with Crippen molar-refractivity contribution in [2.75, 3.05) is 10.6 Å². The van der Waals surface area contributed by atoms with E-state index in [1.165, 1.54) is 0 Å². The number of urea groups is 1. The fourth-order valence-corrected chi connectivity index (χ4v) is 1.57. The number of amides is 2. The summed E-state index contributed by atoms with van der Waals surface area (Å²) in [4.78, 5) is 15.6. The van der Waals surface area contributed by atoms with E-state index in [4.69, 9.17) is 11.6 Å². The molecule has 0 aliphatic heterocycles. The van der Waals surface area contributed by atoms with Crippen LogP contribution in [0.2, 0.25) is 5.15 Å². The Hall–Kier alpha value is -2.07. The minimum absolute atomic E-state index is 0.261. The van der Waals surface area contributed by atoms with Gasteiger partial charge in [0.1, 0.15) is 0 Å². The molecule has 92 valence electrons. The molecule has 0 fully saturated rings. The van der Waals surface area contributed by atoms with Crippen LogP contribution >= 0.6 is 11.6 Å². The highest BCUT2D eigenvalue weighted by molar-refractivity contribution is 6.32. The van der Waals surface area contributed by atoms with Gasteiger partial charge in [-0.3, -0.25) is 0 Å². The number of hydrogen-bond acceptors (Lipinski definition) is 2. The molecule has 0 spiro atoms. The molecule has 1 aromatic heterocycles. The molecule has 18 heavy (non-hydrogen) atoms. The number of pyridine rings is 1. The molecule has 0 saturated heterocycles. The Labute approximate surface area is 110 Å². The first-order chi connectivity index (χ1) is 8.65. The lowest BCUT2D eigenvalue weighted by molar-refractivity contribution is 0.262. The Morgan fingerprint density at radius 1 is 1.17 bits per heavy atom. The zero-order valence-corrected chi connectivity index (χ0v) is 10.5. The molecule has 1 heterocycles. The van der Waals surface area contributed by atoms with Crippen LogP contribution in [-0.4, -0.2) is 11.0 Å². The van der Waals surface area contributed by atoms with Gasteiger partial charge in [-0.25, -0.2) is 9.78 Å². The van der Waals surface area contributed by atoms with E-state index in [0.29, 0.717) is 5.69 Å². The second-order valence-corrected chi connectivity index (χ2v) is 4.14. The second-order valence-electron chi connectivity index (χ2n) is 3.79. The van der Waals surface area contributed by atoms with E-state index < -0.39 is 0 Å². The smallest absolute Gasteiger partial charge is 0.308 e. The number of benzene rings is 1. The molecule has 5 heteroatoms. The van der Waals surface area contributed by atoms with Gasteiger partial charge in [0.25, 0.3) is 0 Å². The van der Waals surface area contributed by atoms with Crippen LogP contribution in [0.1, 0.15) is 5.56 Å². The lowest BCUT2D eigenvalue weighted by Crippen LogP contribution is -2.19. The number of anilines is 2. The van der Waals surface area contributed by atoms with Crippen molar-refractivity contribution in [2.24, 2.45) is 0 Å². The molecular formula is C13H12ClN3O. The third kappa shape index (κ3) is 3.21. The van der Waals surface area contributed by atoms with Crippen molar-refractivity contribution in [1.82, 2.24) is 4.98 Å². The minimum Gasteiger partial charge on any atom is -0.308 e. The Morgan fingerprint density at radius 2 is 1.89 bits per heavy atom. The van der Waals surface area contributed by atoms with E-state index in [1.54, 1.807) is 18.3 Å². The van der Waals surface area contributed by atoms with Crippen molar-refractivity contribution in [3.63, 3.8) is 0 Å². The molecule has 0 radical (unpaired) electrons. The molecule has 0 atom stereocenters. The van der Waals surface area contributed by atoms with Gasteiger partial charge in [-0.15, -0.1) is 0 Å². The van der Waals surface area contributed by atoms with Crippen LogP contribution in [0.4, 0.5) is 16.2 Å². The summed E-state index contributed by atoms with van der Waals surface area (Å²) < 4.78 is 0.